The highest BCUT2D eigenvalue weighted by Gasteiger charge is 2.10. The van der Waals surface area contributed by atoms with Crippen molar-refractivity contribution in [2.24, 2.45) is 0 Å². The number of aryl methyl sites for hydroxylation is 1. The Morgan fingerprint density at radius 3 is 2.84 bits per heavy atom. The molecule has 0 aliphatic heterocycles. The number of pyridine rings is 2. The zero-order valence-electron chi connectivity index (χ0n) is 10.2. The second kappa shape index (κ2) is 3.61. The van der Waals surface area contributed by atoms with Gasteiger partial charge in [0, 0.05) is 6.20 Å². The number of hydrogen-bond donors (Lipinski definition) is 2. The van der Waals surface area contributed by atoms with Crippen LogP contribution < -0.4 is 0 Å². The lowest BCUT2D eigenvalue weighted by atomic mass is 10.3. The Morgan fingerprint density at radius 1 is 1.05 bits per heavy atom. The molecule has 0 atom stereocenters. The first-order chi connectivity index (χ1) is 9.29. The SMILES string of the molecule is Cc1nc2nc3[nH]c(-c4ccccn4)nc3cc2[nH]1. The van der Waals surface area contributed by atoms with Gasteiger partial charge in [0.2, 0.25) is 0 Å². The summed E-state index contributed by atoms with van der Waals surface area (Å²) >= 11 is 0. The summed E-state index contributed by atoms with van der Waals surface area (Å²) in [4.78, 5) is 23.9. The minimum absolute atomic E-state index is 0.696. The number of H-pyrrole nitrogens is 2. The van der Waals surface area contributed by atoms with Gasteiger partial charge in [0.25, 0.3) is 0 Å². The van der Waals surface area contributed by atoms with Crippen LogP contribution in [0.3, 0.4) is 0 Å². The van der Waals surface area contributed by atoms with Gasteiger partial charge in [0.15, 0.2) is 17.1 Å². The molecule has 0 fully saturated rings. The smallest absolute Gasteiger partial charge is 0.179 e. The fraction of sp³-hybridized carbons (Fsp3) is 0.0769. The monoisotopic (exact) mass is 250 g/mol. The second-order valence-electron chi connectivity index (χ2n) is 4.35. The Morgan fingerprint density at radius 2 is 2.00 bits per heavy atom. The largest absolute Gasteiger partial charge is 0.341 e. The third-order valence-electron chi connectivity index (χ3n) is 2.95. The first-order valence-corrected chi connectivity index (χ1v) is 5.94. The van der Waals surface area contributed by atoms with E-state index >= 15 is 0 Å². The van der Waals surface area contributed by atoms with Crippen LogP contribution in [0.15, 0.2) is 30.5 Å². The van der Waals surface area contributed by atoms with Gasteiger partial charge in [-0.25, -0.2) is 15.0 Å². The first kappa shape index (κ1) is 10.2. The summed E-state index contributed by atoms with van der Waals surface area (Å²) in [6, 6.07) is 7.66. The third kappa shape index (κ3) is 1.57. The van der Waals surface area contributed by atoms with E-state index in [0.29, 0.717) is 11.5 Å². The molecule has 4 rings (SSSR count). The predicted molar refractivity (Wildman–Crippen MR) is 71.5 cm³/mol. The molecule has 0 radical (unpaired) electrons. The molecule has 19 heavy (non-hydrogen) atoms. The summed E-state index contributed by atoms with van der Waals surface area (Å²) in [6.07, 6.45) is 1.74. The van der Waals surface area contributed by atoms with Crippen LogP contribution in [0.5, 0.6) is 0 Å². The molecular formula is C13H10N6. The molecule has 0 saturated carbocycles. The normalized spacial score (nSPS) is 11.4. The van der Waals surface area contributed by atoms with E-state index in [4.69, 9.17) is 0 Å². The molecule has 0 spiro atoms. The Labute approximate surface area is 108 Å². The fourth-order valence-corrected chi connectivity index (χ4v) is 2.11. The highest BCUT2D eigenvalue weighted by atomic mass is 15.1. The molecule has 4 heterocycles. The first-order valence-electron chi connectivity index (χ1n) is 5.94. The van der Waals surface area contributed by atoms with Crippen molar-refractivity contribution < 1.29 is 0 Å². The van der Waals surface area contributed by atoms with E-state index in [-0.39, 0.29) is 0 Å². The molecule has 0 unspecified atom stereocenters. The number of hydrogen-bond acceptors (Lipinski definition) is 4. The van der Waals surface area contributed by atoms with Crippen molar-refractivity contribution in [2.75, 3.05) is 0 Å². The number of aromatic amines is 2. The van der Waals surface area contributed by atoms with Gasteiger partial charge in [-0.2, -0.15) is 0 Å². The topological polar surface area (TPSA) is 83.1 Å². The number of aromatic nitrogens is 6. The Bertz CT molecular complexity index is 823. The molecule has 2 N–H and O–H groups in total. The molecule has 4 aromatic heterocycles. The lowest BCUT2D eigenvalue weighted by Gasteiger charge is -1.91. The fourth-order valence-electron chi connectivity index (χ4n) is 2.11. The van der Waals surface area contributed by atoms with Crippen molar-refractivity contribution in [3.8, 4) is 11.5 Å². The maximum absolute atomic E-state index is 4.51. The van der Waals surface area contributed by atoms with Gasteiger partial charge < -0.3 is 9.97 Å². The van der Waals surface area contributed by atoms with Crippen molar-refractivity contribution in [3.05, 3.63) is 36.3 Å². The van der Waals surface area contributed by atoms with E-state index < -0.39 is 0 Å². The van der Waals surface area contributed by atoms with Gasteiger partial charge in [-0.15, -0.1) is 0 Å². The average Bonchev–Trinajstić information content (AvgIpc) is 2.98. The molecule has 6 nitrogen and oxygen atoms in total. The summed E-state index contributed by atoms with van der Waals surface area (Å²) in [6.45, 7) is 1.91. The Kier molecular flexibility index (Phi) is 1.94. The standard InChI is InChI=1S/C13H10N6/c1-7-15-9-6-10-13(19-12(9)16-7)18-11(17-10)8-4-2-3-5-14-8/h2-6H,1H3,(H2,15,16,17,18,19). The lowest BCUT2D eigenvalue weighted by Crippen LogP contribution is -1.83. The molecule has 92 valence electrons. The van der Waals surface area contributed by atoms with Crippen LogP contribution in [0.2, 0.25) is 0 Å². The van der Waals surface area contributed by atoms with Gasteiger partial charge >= 0.3 is 0 Å². The second-order valence-corrected chi connectivity index (χ2v) is 4.35. The molecule has 0 aliphatic carbocycles. The minimum Gasteiger partial charge on any atom is -0.341 e. The van der Waals surface area contributed by atoms with E-state index in [2.05, 4.69) is 29.9 Å². The average molecular weight is 250 g/mol. The summed E-state index contributed by atoms with van der Waals surface area (Å²) in [5.41, 5.74) is 3.91. The third-order valence-corrected chi connectivity index (χ3v) is 2.95. The van der Waals surface area contributed by atoms with Gasteiger partial charge in [0.1, 0.15) is 17.0 Å². The van der Waals surface area contributed by atoms with Crippen molar-refractivity contribution in [3.63, 3.8) is 0 Å². The van der Waals surface area contributed by atoms with Crippen LogP contribution in [0, 0.1) is 6.92 Å². The maximum Gasteiger partial charge on any atom is 0.179 e. The predicted octanol–water partition coefficient (Wildman–Crippen LogP) is 2.20. The van der Waals surface area contributed by atoms with Crippen LogP contribution in [0.4, 0.5) is 0 Å². The summed E-state index contributed by atoms with van der Waals surface area (Å²) in [7, 11) is 0. The Balaban J connectivity index is 1.96. The number of nitrogens with one attached hydrogen (secondary N) is 2. The quantitative estimate of drug-likeness (QED) is 0.542. The van der Waals surface area contributed by atoms with Crippen LogP contribution in [-0.2, 0) is 0 Å². The van der Waals surface area contributed by atoms with E-state index in [1.807, 2.05) is 31.2 Å². The van der Waals surface area contributed by atoms with Gasteiger partial charge in [-0.05, 0) is 25.1 Å². The molecule has 0 aliphatic rings. The van der Waals surface area contributed by atoms with Crippen molar-refractivity contribution in [1.82, 2.24) is 29.9 Å². The van der Waals surface area contributed by atoms with Gasteiger partial charge in [-0.3, -0.25) is 4.98 Å². The number of fused-ring (bicyclic) bond motifs is 2. The molecule has 0 aromatic carbocycles. The van der Waals surface area contributed by atoms with Crippen molar-refractivity contribution >= 4 is 22.3 Å². The lowest BCUT2D eigenvalue weighted by molar-refractivity contribution is 1.16. The number of imidazole rings is 2. The molecule has 0 amide bonds. The minimum atomic E-state index is 0.696. The van der Waals surface area contributed by atoms with Gasteiger partial charge in [-0.1, -0.05) is 6.07 Å². The molecule has 0 bridgehead atoms. The van der Waals surface area contributed by atoms with Gasteiger partial charge in [0.05, 0.1) is 5.52 Å². The maximum atomic E-state index is 4.51. The summed E-state index contributed by atoms with van der Waals surface area (Å²) < 4.78 is 0. The van der Waals surface area contributed by atoms with Crippen LogP contribution >= 0.6 is 0 Å². The number of rotatable bonds is 1. The van der Waals surface area contributed by atoms with Crippen LogP contribution in [0.1, 0.15) is 5.82 Å². The summed E-state index contributed by atoms with van der Waals surface area (Å²) in [5, 5.41) is 0. The van der Waals surface area contributed by atoms with Crippen molar-refractivity contribution in [1.29, 1.82) is 0 Å². The van der Waals surface area contributed by atoms with E-state index in [9.17, 15) is 0 Å². The molecule has 4 aromatic rings. The van der Waals surface area contributed by atoms with Crippen LogP contribution in [-0.4, -0.2) is 29.9 Å². The zero-order valence-corrected chi connectivity index (χ0v) is 10.2. The highest BCUT2D eigenvalue weighted by Crippen LogP contribution is 2.20. The van der Waals surface area contributed by atoms with E-state index in [0.717, 1.165) is 28.2 Å². The van der Waals surface area contributed by atoms with Crippen molar-refractivity contribution in [2.45, 2.75) is 6.92 Å². The van der Waals surface area contributed by atoms with Crippen LogP contribution in [0.25, 0.3) is 33.8 Å². The summed E-state index contributed by atoms with van der Waals surface area (Å²) in [5.74, 6) is 1.56. The zero-order chi connectivity index (χ0) is 12.8. The van der Waals surface area contributed by atoms with E-state index in [1.165, 1.54) is 0 Å². The molecule has 6 heteroatoms. The molecular weight excluding hydrogens is 240 g/mol. The van der Waals surface area contributed by atoms with E-state index in [1.54, 1.807) is 6.20 Å². The number of nitrogens with zero attached hydrogens (tertiary/aromatic N) is 4. The molecule has 0 saturated heterocycles. The Hall–Kier alpha value is -2.76. The highest BCUT2D eigenvalue weighted by molar-refractivity contribution is 5.86.